The van der Waals surface area contributed by atoms with Crippen LogP contribution in [0.4, 0.5) is 0 Å². The van der Waals surface area contributed by atoms with Crippen LogP contribution >= 0.6 is 11.3 Å². The van der Waals surface area contributed by atoms with Crippen molar-refractivity contribution in [3.05, 3.63) is 56.8 Å². The van der Waals surface area contributed by atoms with Crippen LogP contribution in [0.25, 0.3) is 0 Å². The van der Waals surface area contributed by atoms with E-state index in [1.54, 1.807) is 12.1 Å². The van der Waals surface area contributed by atoms with Gasteiger partial charge in [-0.05, 0) is 42.7 Å². The van der Waals surface area contributed by atoms with E-state index in [4.69, 9.17) is 0 Å². The molecule has 1 heterocycles. The summed E-state index contributed by atoms with van der Waals surface area (Å²) >= 11 is 1.54. The summed E-state index contributed by atoms with van der Waals surface area (Å²) in [4.78, 5) is 25.5. The minimum Gasteiger partial charge on any atom is -0.465 e. The van der Waals surface area contributed by atoms with Gasteiger partial charge in [-0.1, -0.05) is 19.1 Å². The van der Waals surface area contributed by atoms with Crippen LogP contribution in [0.2, 0.25) is 0 Å². The second-order valence-electron chi connectivity index (χ2n) is 4.94. The highest BCUT2D eigenvalue weighted by atomic mass is 32.1. The number of esters is 1. The van der Waals surface area contributed by atoms with E-state index in [1.807, 2.05) is 25.1 Å². The molecule has 0 bridgehead atoms. The molecule has 2 rings (SSSR count). The molecule has 0 saturated heterocycles. The summed E-state index contributed by atoms with van der Waals surface area (Å²) in [5.41, 5.74) is 2.60. The lowest BCUT2D eigenvalue weighted by Crippen LogP contribution is -2.21. The second kappa shape index (κ2) is 7.22. The predicted octanol–water partition coefficient (Wildman–Crippen LogP) is 3.34. The minimum absolute atomic E-state index is 0.0650. The van der Waals surface area contributed by atoms with Gasteiger partial charge in [0.15, 0.2) is 0 Å². The van der Waals surface area contributed by atoms with Crippen LogP contribution in [-0.4, -0.2) is 19.0 Å². The zero-order chi connectivity index (χ0) is 16.1. The van der Waals surface area contributed by atoms with Crippen molar-refractivity contribution in [1.29, 1.82) is 0 Å². The number of hydrogen-bond acceptors (Lipinski definition) is 4. The molecule has 5 heteroatoms. The molecule has 0 unspecified atom stereocenters. The molecule has 116 valence electrons. The Hall–Kier alpha value is -2.14. The molecule has 0 aliphatic carbocycles. The number of aryl methyl sites for hydroxylation is 2. The smallest absolute Gasteiger partial charge is 0.337 e. The summed E-state index contributed by atoms with van der Waals surface area (Å²) in [6.45, 7) is 4.54. The average molecular weight is 317 g/mol. The quantitative estimate of drug-likeness (QED) is 0.861. The monoisotopic (exact) mass is 317 g/mol. The molecular formula is C17H19NO3S. The Kier molecular flexibility index (Phi) is 5.33. The molecule has 0 radical (unpaired) electrons. The van der Waals surface area contributed by atoms with E-state index in [2.05, 4.69) is 17.0 Å². The molecule has 1 N–H and O–H groups in total. The number of hydrogen-bond donors (Lipinski definition) is 1. The van der Waals surface area contributed by atoms with E-state index in [-0.39, 0.29) is 11.9 Å². The predicted molar refractivity (Wildman–Crippen MR) is 87.4 cm³/mol. The third-order valence-electron chi connectivity index (χ3n) is 3.39. The van der Waals surface area contributed by atoms with Crippen molar-refractivity contribution in [2.45, 2.75) is 26.8 Å². The Bertz CT molecular complexity index is 674. The first-order valence-corrected chi connectivity index (χ1v) is 7.91. The molecule has 0 aliphatic rings. The van der Waals surface area contributed by atoms with Gasteiger partial charge < -0.3 is 10.1 Å². The van der Waals surface area contributed by atoms with Crippen molar-refractivity contribution in [2.75, 3.05) is 7.11 Å². The average Bonchev–Trinajstić information content (AvgIpc) is 2.93. The van der Waals surface area contributed by atoms with Gasteiger partial charge >= 0.3 is 5.97 Å². The number of thiophene rings is 1. The van der Waals surface area contributed by atoms with Crippen molar-refractivity contribution in [3.63, 3.8) is 0 Å². The fraction of sp³-hybridized carbons (Fsp3) is 0.294. The fourth-order valence-electron chi connectivity index (χ4n) is 2.13. The summed E-state index contributed by atoms with van der Waals surface area (Å²) in [5.74, 6) is -0.429. The Morgan fingerprint density at radius 2 is 1.91 bits per heavy atom. The topological polar surface area (TPSA) is 55.4 Å². The van der Waals surface area contributed by atoms with Gasteiger partial charge in [-0.3, -0.25) is 4.79 Å². The van der Waals surface area contributed by atoms with Crippen LogP contribution in [0.5, 0.6) is 0 Å². The molecule has 0 atom stereocenters. The number of carbonyl (C=O) groups excluding carboxylic acids is 2. The molecule has 0 spiro atoms. The van der Waals surface area contributed by atoms with Crippen LogP contribution < -0.4 is 5.32 Å². The van der Waals surface area contributed by atoms with Crippen LogP contribution in [0.15, 0.2) is 30.3 Å². The summed E-state index contributed by atoms with van der Waals surface area (Å²) in [5, 5.41) is 2.90. The number of benzene rings is 1. The van der Waals surface area contributed by atoms with Crippen molar-refractivity contribution in [1.82, 2.24) is 5.32 Å². The number of ether oxygens (including phenoxy) is 1. The van der Waals surface area contributed by atoms with E-state index in [0.29, 0.717) is 12.1 Å². The van der Waals surface area contributed by atoms with E-state index >= 15 is 0 Å². The third kappa shape index (κ3) is 3.74. The fourth-order valence-corrected chi connectivity index (χ4v) is 3.16. The molecular weight excluding hydrogens is 298 g/mol. The van der Waals surface area contributed by atoms with Gasteiger partial charge in [-0.2, -0.15) is 0 Å². The maximum atomic E-state index is 12.1. The van der Waals surface area contributed by atoms with E-state index < -0.39 is 0 Å². The van der Waals surface area contributed by atoms with E-state index in [9.17, 15) is 9.59 Å². The number of nitrogens with one attached hydrogen (secondary N) is 1. The molecule has 2 aromatic rings. The van der Waals surface area contributed by atoms with Crippen LogP contribution in [0, 0.1) is 6.92 Å². The van der Waals surface area contributed by atoms with Gasteiger partial charge in [-0.15, -0.1) is 11.3 Å². The third-order valence-corrected chi connectivity index (χ3v) is 4.77. The highest BCUT2D eigenvalue weighted by Crippen LogP contribution is 2.22. The normalized spacial score (nSPS) is 10.3. The Labute approximate surface area is 134 Å². The van der Waals surface area contributed by atoms with Gasteiger partial charge in [0, 0.05) is 11.4 Å². The van der Waals surface area contributed by atoms with E-state index in [1.165, 1.54) is 28.9 Å². The lowest BCUT2D eigenvalue weighted by atomic mass is 10.1. The van der Waals surface area contributed by atoms with Crippen molar-refractivity contribution in [3.8, 4) is 0 Å². The summed E-state index contributed by atoms with van der Waals surface area (Å²) in [6.07, 6.45) is 0.943. The van der Waals surface area contributed by atoms with Crippen LogP contribution in [0.3, 0.4) is 0 Å². The summed E-state index contributed by atoms with van der Waals surface area (Å²) in [7, 11) is 1.35. The van der Waals surface area contributed by atoms with Gasteiger partial charge in [0.2, 0.25) is 0 Å². The van der Waals surface area contributed by atoms with E-state index in [0.717, 1.165) is 16.9 Å². The number of methoxy groups -OCH3 is 1. The lowest BCUT2D eigenvalue weighted by molar-refractivity contribution is 0.0600. The Morgan fingerprint density at radius 3 is 2.45 bits per heavy atom. The second-order valence-corrected chi connectivity index (χ2v) is 6.08. The van der Waals surface area contributed by atoms with Gasteiger partial charge in [0.1, 0.15) is 0 Å². The lowest BCUT2D eigenvalue weighted by Gasteiger charge is -2.05. The van der Waals surface area contributed by atoms with Gasteiger partial charge in [0.05, 0.1) is 17.6 Å². The first-order chi connectivity index (χ1) is 10.5. The minimum atomic E-state index is -0.364. The van der Waals surface area contributed by atoms with Crippen LogP contribution in [-0.2, 0) is 17.7 Å². The number of amides is 1. The standard InChI is InChI=1S/C17H19NO3S/c1-4-14-11(2)9-15(22-14)16(19)18-10-12-5-7-13(8-6-12)17(20)21-3/h5-9H,4,10H2,1-3H3,(H,18,19). The van der Waals surface area contributed by atoms with Crippen LogP contribution in [0.1, 0.15) is 43.0 Å². The first kappa shape index (κ1) is 16.2. The van der Waals surface area contributed by atoms with Gasteiger partial charge in [-0.25, -0.2) is 4.79 Å². The Balaban J connectivity index is 1.97. The molecule has 1 aromatic heterocycles. The molecule has 0 fully saturated rings. The first-order valence-electron chi connectivity index (χ1n) is 7.10. The highest BCUT2D eigenvalue weighted by Gasteiger charge is 2.11. The SMILES string of the molecule is CCc1sc(C(=O)NCc2ccc(C(=O)OC)cc2)cc1C. The van der Waals surface area contributed by atoms with Crippen molar-refractivity contribution >= 4 is 23.2 Å². The number of rotatable bonds is 5. The molecule has 0 saturated carbocycles. The molecule has 1 aromatic carbocycles. The molecule has 22 heavy (non-hydrogen) atoms. The summed E-state index contributed by atoms with van der Waals surface area (Å²) in [6, 6.07) is 8.93. The maximum Gasteiger partial charge on any atom is 0.337 e. The zero-order valence-electron chi connectivity index (χ0n) is 12.9. The molecule has 4 nitrogen and oxygen atoms in total. The molecule has 0 aliphatic heterocycles. The van der Waals surface area contributed by atoms with Gasteiger partial charge in [0.25, 0.3) is 5.91 Å². The largest absolute Gasteiger partial charge is 0.465 e. The molecule has 1 amide bonds. The zero-order valence-corrected chi connectivity index (χ0v) is 13.8. The maximum absolute atomic E-state index is 12.1. The highest BCUT2D eigenvalue weighted by molar-refractivity contribution is 7.14. The summed E-state index contributed by atoms with van der Waals surface area (Å²) < 4.78 is 4.65. The van der Waals surface area contributed by atoms with Crippen molar-refractivity contribution < 1.29 is 14.3 Å². The Morgan fingerprint density at radius 1 is 1.23 bits per heavy atom. The van der Waals surface area contributed by atoms with Crippen molar-refractivity contribution in [2.24, 2.45) is 0 Å². The number of carbonyl (C=O) groups is 2.